The molecule has 15 heteroatoms. The van der Waals surface area contributed by atoms with Crippen LogP contribution in [0.15, 0.2) is 58.5 Å². The standard InChI is InChI=1S/C26H30ClN5O7S2/c1-17(2)41(36,37)23-7-5-4-6-21(23)29-25-19(27)15-28-26(31-25)30-20-9-8-18(14-22(20)38-3)40(34,35)16-24(33)32-10-12-39-13-11-32/h4-9,14-15,17H,10-13,16H2,1-3H3,(H2,28,29,30,31). The zero-order valence-electron chi connectivity index (χ0n) is 22.6. The number of carbonyl (C=O) groups excluding carboxylic acids is 1. The highest BCUT2D eigenvalue weighted by Crippen LogP contribution is 2.33. The Hall–Kier alpha value is -3.46. The average Bonchev–Trinajstić information content (AvgIpc) is 2.95. The molecule has 0 aliphatic carbocycles. The van der Waals surface area contributed by atoms with Crippen LogP contribution in [0.25, 0.3) is 0 Å². The Morgan fingerprint density at radius 1 is 1.07 bits per heavy atom. The largest absolute Gasteiger partial charge is 0.495 e. The van der Waals surface area contributed by atoms with E-state index in [-0.39, 0.29) is 32.3 Å². The Bertz CT molecular complexity index is 1640. The highest BCUT2D eigenvalue weighted by Gasteiger charge is 2.26. The predicted octanol–water partition coefficient (Wildman–Crippen LogP) is 3.44. The minimum atomic E-state index is -3.95. The van der Waals surface area contributed by atoms with E-state index in [9.17, 15) is 21.6 Å². The predicted molar refractivity (Wildman–Crippen MR) is 155 cm³/mol. The molecule has 1 saturated heterocycles. The molecule has 1 amide bonds. The van der Waals surface area contributed by atoms with Gasteiger partial charge in [0, 0.05) is 19.2 Å². The number of morpholine rings is 1. The van der Waals surface area contributed by atoms with Gasteiger partial charge in [-0.15, -0.1) is 0 Å². The average molecular weight is 624 g/mol. The number of rotatable bonds is 10. The third-order valence-corrected chi connectivity index (χ3v) is 10.4. The van der Waals surface area contributed by atoms with Crippen LogP contribution in [0, 0.1) is 0 Å². The first-order valence-corrected chi connectivity index (χ1v) is 16.2. The minimum absolute atomic E-state index is 0.0798. The fraction of sp³-hybridized carbons (Fsp3) is 0.346. The number of nitrogens with one attached hydrogen (secondary N) is 2. The lowest BCUT2D eigenvalue weighted by atomic mass is 10.3. The molecule has 1 fully saturated rings. The number of halogens is 1. The van der Waals surface area contributed by atoms with Crippen LogP contribution in [0.1, 0.15) is 13.8 Å². The second-order valence-electron chi connectivity index (χ2n) is 9.34. The molecule has 3 aromatic rings. The molecule has 0 atom stereocenters. The molecule has 2 aromatic carbocycles. The zero-order chi connectivity index (χ0) is 29.8. The van der Waals surface area contributed by atoms with Crippen molar-refractivity contribution in [3.8, 4) is 5.75 Å². The molecule has 0 spiro atoms. The Labute approximate surface area is 243 Å². The fourth-order valence-corrected chi connectivity index (χ4v) is 6.53. The number of amides is 1. The molecule has 1 aliphatic rings. The molecule has 4 rings (SSSR count). The van der Waals surface area contributed by atoms with Crippen molar-refractivity contribution < 1.29 is 31.1 Å². The van der Waals surface area contributed by atoms with E-state index in [1.165, 1.54) is 42.5 Å². The summed E-state index contributed by atoms with van der Waals surface area (Å²) in [4.78, 5) is 22.6. The Morgan fingerprint density at radius 2 is 1.78 bits per heavy atom. The fourth-order valence-electron chi connectivity index (χ4n) is 3.95. The van der Waals surface area contributed by atoms with E-state index in [1.807, 2.05) is 0 Å². The summed E-state index contributed by atoms with van der Waals surface area (Å²) in [5.74, 6) is -0.766. The number of ether oxygens (including phenoxy) is 2. The molecule has 0 unspecified atom stereocenters. The monoisotopic (exact) mass is 623 g/mol. The van der Waals surface area contributed by atoms with Gasteiger partial charge in [-0.1, -0.05) is 23.7 Å². The van der Waals surface area contributed by atoms with E-state index >= 15 is 0 Å². The molecule has 2 N–H and O–H groups in total. The maximum absolute atomic E-state index is 13.0. The van der Waals surface area contributed by atoms with Crippen molar-refractivity contribution >= 4 is 60.3 Å². The first-order chi connectivity index (χ1) is 19.4. The highest BCUT2D eigenvalue weighted by atomic mass is 35.5. The van der Waals surface area contributed by atoms with Crippen molar-refractivity contribution in [1.29, 1.82) is 0 Å². The van der Waals surface area contributed by atoms with Gasteiger partial charge in [0.15, 0.2) is 25.5 Å². The second kappa shape index (κ2) is 12.6. The number of benzene rings is 2. The molecule has 220 valence electrons. The lowest BCUT2D eigenvalue weighted by molar-refractivity contribution is -0.132. The Balaban J connectivity index is 1.56. The summed E-state index contributed by atoms with van der Waals surface area (Å²) in [6.07, 6.45) is 1.33. The van der Waals surface area contributed by atoms with Crippen LogP contribution in [-0.4, -0.2) is 82.0 Å². The SMILES string of the molecule is COc1cc(S(=O)(=O)CC(=O)N2CCOCC2)ccc1Nc1ncc(Cl)c(Nc2ccccc2S(=O)(=O)C(C)C)n1. The molecule has 0 bridgehead atoms. The molecule has 0 saturated carbocycles. The molecule has 12 nitrogen and oxygen atoms in total. The van der Waals surface area contributed by atoms with Gasteiger partial charge in [-0.05, 0) is 38.1 Å². The maximum Gasteiger partial charge on any atom is 0.238 e. The number of nitrogens with zero attached hydrogens (tertiary/aromatic N) is 3. The molecular weight excluding hydrogens is 594 g/mol. The van der Waals surface area contributed by atoms with Crippen LogP contribution < -0.4 is 15.4 Å². The zero-order valence-corrected chi connectivity index (χ0v) is 25.0. The summed E-state index contributed by atoms with van der Waals surface area (Å²) in [6.45, 7) is 4.62. The van der Waals surface area contributed by atoms with Gasteiger partial charge >= 0.3 is 0 Å². The second-order valence-corrected chi connectivity index (χ2v) is 14.2. The van der Waals surface area contributed by atoms with Crippen molar-refractivity contribution in [2.45, 2.75) is 28.9 Å². The normalized spacial score (nSPS) is 14.1. The number of methoxy groups -OCH3 is 1. The maximum atomic E-state index is 13.0. The summed E-state index contributed by atoms with van der Waals surface area (Å²) >= 11 is 6.31. The van der Waals surface area contributed by atoms with E-state index in [0.29, 0.717) is 37.7 Å². The van der Waals surface area contributed by atoms with Gasteiger partial charge in [0.05, 0.1) is 52.9 Å². The van der Waals surface area contributed by atoms with Crippen molar-refractivity contribution in [2.75, 3.05) is 49.8 Å². The van der Waals surface area contributed by atoms with Crippen molar-refractivity contribution in [3.05, 3.63) is 53.7 Å². The number of hydrogen-bond donors (Lipinski definition) is 2. The van der Waals surface area contributed by atoms with Crippen LogP contribution >= 0.6 is 11.6 Å². The van der Waals surface area contributed by atoms with Crippen LogP contribution in [0.5, 0.6) is 5.75 Å². The molecule has 0 radical (unpaired) electrons. The number of anilines is 4. The Morgan fingerprint density at radius 3 is 2.46 bits per heavy atom. The van der Waals surface area contributed by atoms with Gasteiger partial charge in [-0.2, -0.15) is 4.98 Å². The summed E-state index contributed by atoms with van der Waals surface area (Å²) in [7, 11) is -6.17. The van der Waals surface area contributed by atoms with E-state index in [2.05, 4.69) is 20.6 Å². The highest BCUT2D eigenvalue weighted by molar-refractivity contribution is 7.92. The number of sulfone groups is 2. The molecular formula is C26H30ClN5O7S2. The van der Waals surface area contributed by atoms with Gasteiger partial charge in [0.25, 0.3) is 0 Å². The lowest BCUT2D eigenvalue weighted by Crippen LogP contribution is -2.43. The number of carbonyl (C=O) groups is 1. The van der Waals surface area contributed by atoms with Crippen molar-refractivity contribution in [3.63, 3.8) is 0 Å². The van der Waals surface area contributed by atoms with E-state index in [1.54, 1.807) is 32.0 Å². The van der Waals surface area contributed by atoms with Gasteiger partial charge in [0.1, 0.15) is 16.5 Å². The number of aromatic nitrogens is 2. The van der Waals surface area contributed by atoms with Crippen LogP contribution in [0.2, 0.25) is 5.02 Å². The number of para-hydroxylation sites is 1. The van der Waals surface area contributed by atoms with Gasteiger partial charge < -0.3 is 25.0 Å². The third-order valence-electron chi connectivity index (χ3n) is 6.27. The smallest absolute Gasteiger partial charge is 0.238 e. The van der Waals surface area contributed by atoms with Crippen LogP contribution in [0.4, 0.5) is 23.1 Å². The van der Waals surface area contributed by atoms with Gasteiger partial charge in [-0.3, -0.25) is 4.79 Å². The summed E-state index contributed by atoms with van der Waals surface area (Å²) in [6, 6.07) is 10.6. The van der Waals surface area contributed by atoms with E-state index in [4.69, 9.17) is 21.1 Å². The van der Waals surface area contributed by atoms with Gasteiger partial charge in [-0.25, -0.2) is 21.8 Å². The molecule has 2 heterocycles. The first kappa shape index (κ1) is 30.5. The third kappa shape index (κ3) is 7.07. The summed E-state index contributed by atoms with van der Waals surface area (Å²) in [5, 5.41) is 5.44. The van der Waals surface area contributed by atoms with Gasteiger partial charge in [0.2, 0.25) is 11.9 Å². The lowest BCUT2D eigenvalue weighted by Gasteiger charge is -2.26. The van der Waals surface area contributed by atoms with Crippen LogP contribution in [0.3, 0.4) is 0 Å². The molecule has 1 aromatic heterocycles. The Kier molecular flexibility index (Phi) is 9.37. The molecule has 41 heavy (non-hydrogen) atoms. The van der Waals surface area contributed by atoms with Crippen molar-refractivity contribution in [2.24, 2.45) is 0 Å². The summed E-state index contributed by atoms with van der Waals surface area (Å²) in [5.41, 5.74) is 0.647. The van der Waals surface area contributed by atoms with E-state index in [0.717, 1.165) is 0 Å². The van der Waals surface area contributed by atoms with E-state index < -0.39 is 36.6 Å². The quantitative estimate of drug-likeness (QED) is 0.341. The summed E-state index contributed by atoms with van der Waals surface area (Å²) < 4.78 is 62.2. The molecule has 1 aliphatic heterocycles. The van der Waals surface area contributed by atoms with Crippen molar-refractivity contribution in [1.82, 2.24) is 14.9 Å². The first-order valence-electron chi connectivity index (χ1n) is 12.6. The number of hydrogen-bond acceptors (Lipinski definition) is 11. The van der Waals surface area contributed by atoms with Crippen LogP contribution in [-0.2, 0) is 29.2 Å². The minimum Gasteiger partial charge on any atom is -0.495 e. The topological polar surface area (TPSA) is 157 Å².